The van der Waals surface area contributed by atoms with Crippen LogP contribution in [-0.4, -0.2) is 53.4 Å². The van der Waals surface area contributed by atoms with Gasteiger partial charge in [0.2, 0.25) is 11.7 Å². The zero-order valence-electron chi connectivity index (χ0n) is 10.4. The Morgan fingerprint density at radius 1 is 1.42 bits per heavy atom. The summed E-state index contributed by atoms with van der Waals surface area (Å²) in [7, 11) is 0. The number of nitrogens with two attached hydrogens (primary N) is 1. The number of amides is 1. The average Bonchev–Trinajstić information content (AvgIpc) is 2.46. The SMILES string of the molecule is NCC(=O)N1CCN(c2ncccc2[N+](=O)[O-])CC1. The van der Waals surface area contributed by atoms with Crippen molar-refractivity contribution in [3.05, 3.63) is 28.4 Å². The van der Waals surface area contributed by atoms with Gasteiger partial charge in [0.25, 0.3) is 0 Å². The van der Waals surface area contributed by atoms with E-state index in [1.54, 1.807) is 4.90 Å². The molecule has 0 radical (unpaired) electrons. The quantitative estimate of drug-likeness (QED) is 0.588. The fraction of sp³-hybridized carbons (Fsp3) is 0.455. The molecule has 1 fully saturated rings. The second-order valence-corrected chi connectivity index (χ2v) is 4.18. The van der Waals surface area contributed by atoms with Crippen molar-refractivity contribution < 1.29 is 9.72 Å². The molecule has 1 aromatic rings. The maximum atomic E-state index is 11.4. The molecule has 0 unspecified atom stereocenters. The van der Waals surface area contributed by atoms with E-state index >= 15 is 0 Å². The molecule has 0 spiro atoms. The number of piperazine rings is 1. The highest BCUT2D eigenvalue weighted by Crippen LogP contribution is 2.25. The maximum absolute atomic E-state index is 11.4. The third kappa shape index (κ3) is 2.79. The van der Waals surface area contributed by atoms with E-state index in [1.807, 2.05) is 4.90 Å². The zero-order valence-corrected chi connectivity index (χ0v) is 10.4. The Hall–Kier alpha value is -2.22. The van der Waals surface area contributed by atoms with Crippen LogP contribution in [0.5, 0.6) is 0 Å². The number of anilines is 1. The summed E-state index contributed by atoms with van der Waals surface area (Å²) in [5.74, 6) is 0.252. The normalized spacial score (nSPS) is 15.4. The molecule has 2 heterocycles. The Morgan fingerprint density at radius 2 is 2.11 bits per heavy atom. The Labute approximate surface area is 110 Å². The summed E-state index contributed by atoms with van der Waals surface area (Å²) in [6.45, 7) is 2.03. The molecule has 0 atom stereocenters. The lowest BCUT2D eigenvalue weighted by molar-refractivity contribution is -0.384. The summed E-state index contributed by atoms with van der Waals surface area (Å²) in [6, 6.07) is 2.97. The van der Waals surface area contributed by atoms with Crippen molar-refractivity contribution in [1.29, 1.82) is 0 Å². The van der Waals surface area contributed by atoms with Gasteiger partial charge in [-0.3, -0.25) is 14.9 Å². The minimum absolute atomic E-state index is 0.0102. The van der Waals surface area contributed by atoms with E-state index in [0.717, 1.165) is 0 Å². The minimum atomic E-state index is -0.445. The second-order valence-electron chi connectivity index (χ2n) is 4.18. The first-order valence-corrected chi connectivity index (χ1v) is 5.95. The molecule has 1 aromatic heterocycles. The summed E-state index contributed by atoms with van der Waals surface area (Å²) >= 11 is 0. The molecule has 8 heteroatoms. The standard InChI is InChI=1S/C11H15N5O3/c12-8-10(17)14-4-6-15(7-5-14)11-9(16(18)19)2-1-3-13-11/h1-3H,4-8,12H2. The van der Waals surface area contributed by atoms with Crippen molar-refractivity contribution in [2.75, 3.05) is 37.6 Å². The van der Waals surface area contributed by atoms with Crippen LogP contribution in [0.15, 0.2) is 18.3 Å². The fourth-order valence-electron chi connectivity index (χ4n) is 2.07. The van der Waals surface area contributed by atoms with Crippen molar-refractivity contribution >= 4 is 17.4 Å². The molecular formula is C11H15N5O3. The Kier molecular flexibility index (Phi) is 3.91. The summed E-state index contributed by atoms with van der Waals surface area (Å²) in [5, 5.41) is 10.9. The highest BCUT2D eigenvalue weighted by Gasteiger charge is 2.25. The topological polar surface area (TPSA) is 106 Å². The number of aromatic nitrogens is 1. The molecule has 0 saturated carbocycles. The lowest BCUT2D eigenvalue weighted by Crippen LogP contribution is -2.50. The van der Waals surface area contributed by atoms with Crippen LogP contribution in [0.25, 0.3) is 0 Å². The number of rotatable bonds is 3. The van der Waals surface area contributed by atoms with E-state index in [0.29, 0.717) is 32.0 Å². The summed E-state index contributed by atoms with van der Waals surface area (Å²) in [4.78, 5) is 29.5. The predicted molar refractivity (Wildman–Crippen MR) is 68.7 cm³/mol. The van der Waals surface area contributed by atoms with Crippen LogP contribution in [0.4, 0.5) is 11.5 Å². The van der Waals surface area contributed by atoms with Gasteiger partial charge in [-0.15, -0.1) is 0 Å². The van der Waals surface area contributed by atoms with Crippen molar-refractivity contribution in [2.24, 2.45) is 5.73 Å². The third-order valence-electron chi connectivity index (χ3n) is 3.07. The minimum Gasteiger partial charge on any atom is -0.347 e. The lowest BCUT2D eigenvalue weighted by atomic mass is 10.2. The van der Waals surface area contributed by atoms with Gasteiger partial charge in [-0.2, -0.15) is 0 Å². The molecule has 0 aliphatic carbocycles. The van der Waals surface area contributed by atoms with E-state index < -0.39 is 4.92 Å². The number of carbonyl (C=O) groups is 1. The van der Waals surface area contributed by atoms with Crippen LogP contribution in [-0.2, 0) is 4.79 Å². The number of carbonyl (C=O) groups excluding carboxylic acids is 1. The van der Waals surface area contributed by atoms with Crippen LogP contribution >= 0.6 is 0 Å². The van der Waals surface area contributed by atoms with E-state index in [9.17, 15) is 14.9 Å². The smallest absolute Gasteiger partial charge is 0.311 e. The third-order valence-corrected chi connectivity index (χ3v) is 3.07. The Bertz CT molecular complexity index is 485. The van der Waals surface area contributed by atoms with Crippen LogP contribution in [0, 0.1) is 10.1 Å². The van der Waals surface area contributed by atoms with Gasteiger partial charge in [-0.05, 0) is 6.07 Å². The Balaban J connectivity index is 2.10. The molecular weight excluding hydrogens is 250 g/mol. The first kappa shape index (κ1) is 13.2. The van der Waals surface area contributed by atoms with Crippen LogP contribution in [0.1, 0.15) is 0 Å². The van der Waals surface area contributed by atoms with Gasteiger partial charge < -0.3 is 15.5 Å². The van der Waals surface area contributed by atoms with Gasteiger partial charge in [0, 0.05) is 38.4 Å². The number of hydrogen-bond acceptors (Lipinski definition) is 6. The summed E-state index contributed by atoms with van der Waals surface area (Å²) < 4.78 is 0. The summed E-state index contributed by atoms with van der Waals surface area (Å²) in [6.07, 6.45) is 1.53. The van der Waals surface area contributed by atoms with Gasteiger partial charge in [0.05, 0.1) is 11.5 Å². The molecule has 1 saturated heterocycles. The number of nitro groups is 1. The van der Waals surface area contributed by atoms with Crippen molar-refractivity contribution in [2.45, 2.75) is 0 Å². The predicted octanol–water partition coefficient (Wildman–Crippen LogP) is -0.403. The molecule has 19 heavy (non-hydrogen) atoms. The van der Waals surface area contributed by atoms with Crippen LogP contribution < -0.4 is 10.6 Å². The molecule has 0 bridgehead atoms. The molecule has 1 aliphatic heterocycles. The lowest BCUT2D eigenvalue weighted by Gasteiger charge is -2.34. The molecule has 8 nitrogen and oxygen atoms in total. The van der Waals surface area contributed by atoms with Crippen molar-refractivity contribution in [3.63, 3.8) is 0 Å². The number of pyridine rings is 1. The molecule has 1 aliphatic rings. The second kappa shape index (κ2) is 5.61. The zero-order chi connectivity index (χ0) is 13.8. The van der Waals surface area contributed by atoms with E-state index in [-0.39, 0.29) is 18.1 Å². The molecule has 2 N–H and O–H groups in total. The van der Waals surface area contributed by atoms with Gasteiger partial charge in [-0.1, -0.05) is 0 Å². The van der Waals surface area contributed by atoms with Crippen LogP contribution in [0.2, 0.25) is 0 Å². The van der Waals surface area contributed by atoms with Crippen molar-refractivity contribution in [3.8, 4) is 0 Å². The molecule has 1 amide bonds. The van der Waals surface area contributed by atoms with E-state index in [1.165, 1.54) is 18.3 Å². The number of nitrogens with zero attached hydrogens (tertiary/aromatic N) is 4. The van der Waals surface area contributed by atoms with Gasteiger partial charge in [-0.25, -0.2) is 4.98 Å². The van der Waals surface area contributed by atoms with E-state index in [2.05, 4.69) is 4.98 Å². The van der Waals surface area contributed by atoms with Crippen LogP contribution in [0.3, 0.4) is 0 Å². The average molecular weight is 265 g/mol. The first-order chi connectivity index (χ1) is 9.13. The summed E-state index contributed by atoms with van der Waals surface area (Å²) in [5.41, 5.74) is 5.29. The fourth-order valence-corrected chi connectivity index (χ4v) is 2.07. The maximum Gasteiger partial charge on any atom is 0.311 e. The Morgan fingerprint density at radius 3 is 2.68 bits per heavy atom. The largest absolute Gasteiger partial charge is 0.347 e. The monoisotopic (exact) mass is 265 g/mol. The first-order valence-electron chi connectivity index (χ1n) is 5.95. The highest BCUT2D eigenvalue weighted by molar-refractivity contribution is 5.78. The van der Waals surface area contributed by atoms with Gasteiger partial charge in [0.1, 0.15) is 0 Å². The molecule has 2 rings (SSSR count). The van der Waals surface area contributed by atoms with Gasteiger partial charge in [0.15, 0.2) is 0 Å². The number of hydrogen-bond donors (Lipinski definition) is 1. The highest BCUT2D eigenvalue weighted by atomic mass is 16.6. The molecule has 102 valence electrons. The van der Waals surface area contributed by atoms with Crippen molar-refractivity contribution in [1.82, 2.24) is 9.88 Å². The van der Waals surface area contributed by atoms with E-state index in [4.69, 9.17) is 5.73 Å². The molecule has 0 aromatic carbocycles. The van der Waals surface area contributed by atoms with Gasteiger partial charge >= 0.3 is 5.69 Å².